The second-order valence-corrected chi connectivity index (χ2v) is 2.75. The normalized spacial score (nSPS) is 9.42. The Morgan fingerprint density at radius 3 is 2.50 bits per heavy atom. The zero-order valence-corrected chi connectivity index (χ0v) is 7.73. The molecule has 0 aliphatic carbocycles. The van der Waals surface area contributed by atoms with E-state index in [0.717, 1.165) is 11.1 Å². The molecule has 0 atom stereocenters. The van der Waals surface area contributed by atoms with Gasteiger partial charge in [-0.25, -0.2) is 4.98 Å². The SMILES string of the molecule is N#Cc1cc(CCl)c(CCl)cn1. The van der Waals surface area contributed by atoms with Crippen LogP contribution in [0.15, 0.2) is 12.3 Å². The summed E-state index contributed by atoms with van der Waals surface area (Å²) >= 11 is 11.3. The lowest BCUT2D eigenvalue weighted by Crippen LogP contribution is -1.92. The molecule has 0 spiro atoms. The monoisotopic (exact) mass is 200 g/mol. The van der Waals surface area contributed by atoms with E-state index in [1.165, 1.54) is 0 Å². The number of pyridine rings is 1. The molecule has 0 unspecified atom stereocenters. The minimum absolute atomic E-state index is 0.360. The van der Waals surface area contributed by atoms with E-state index in [1.54, 1.807) is 12.3 Å². The fourth-order valence-corrected chi connectivity index (χ4v) is 1.32. The standard InChI is InChI=1S/C8H6Cl2N2/c9-2-6-1-8(4-11)12-5-7(6)3-10/h1,5H,2-3H2. The van der Waals surface area contributed by atoms with Crippen molar-refractivity contribution in [1.29, 1.82) is 5.26 Å². The molecule has 1 heterocycles. The number of halogens is 2. The van der Waals surface area contributed by atoms with Crippen molar-refractivity contribution in [2.75, 3.05) is 0 Å². The summed E-state index contributed by atoms with van der Waals surface area (Å²) in [5.41, 5.74) is 2.13. The van der Waals surface area contributed by atoms with Gasteiger partial charge in [0, 0.05) is 18.0 Å². The Morgan fingerprint density at radius 1 is 1.33 bits per heavy atom. The molecule has 0 aliphatic heterocycles. The Morgan fingerprint density at radius 2 is 2.00 bits per heavy atom. The van der Waals surface area contributed by atoms with Gasteiger partial charge in [0.15, 0.2) is 0 Å². The molecule has 0 bridgehead atoms. The first-order valence-electron chi connectivity index (χ1n) is 3.31. The van der Waals surface area contributed by atoms with Gasteiger partial charge in [0.25, 0.3) is 0 Å². The van der Waals surface area contributed by atoms with Crippen molar-refractivity contribution in [2.45, 2.75) is 11.8 Å². The maximum atomic E-state index is 8.53. The van der Waals surface area contributed by atoms with Crippen LogP contribution in [0.1, 0.15) is 16.8 Å². The maximum Gasteiger partial charge on any atom is 0.140 e. The van der Waals surface area contributed by atoms with E-state index >= 15 is 0 Å². The molecule has 4 heteroatoms. The average Bonchev–Trinajstić information content (AvgIpc) is 2.16. The molecule has 0 aliphatic rings. The largest absolute Gasteiger partial charge is 0.245 e. The number of hydrogen-bond acceptors (Lipinski definition) is 2. The summed E-state index contributed by atoms with van der Waals surface area (Å²) in [6, 6.07) is 3.60. The van der Waals surface area contributed by atoms with Crippen molar-refractivity contribution >= 4 is 23.2 Å². The molecular formula is C8H6Cl2N2. The maximum absolute atomic E-state index is 8.53. The van der Waals surface area contributed by atoms with E-state index in [1.807, 2.05) is 6.07 Å². The Bertz CT molecular complexity index is 317. The van der Waals surface area contributed by atoms with E-state index in [0.29, 0.717) is 17.5 Å². The molecule has 0 saturated carbocycles. The molecule has 0 aromatic carbocycles. The first kappa shape index (κ1) is 9.31. The third-order valence-electron chi connectivity index (χ3n) is 1.49. The summed E-state index contributed by atoms with van der Waals surface area (Å²) in [5, 5.41) is 8.53. The molecule has 0 amide bonds. The van der Waals surface area contributed by atoms with Gasteiger partial charge in [-0.2, -0.15) is 5.26 Å². The van der Waals surface area contributed by atoms with Gasteiger partial charge in [-0.1, -0.05) is 0 Å². The highest BCUT2D eigenvalue weighted by molar-refractivity contribution is 6.18. The van der Waals surface area contributed by atoms with Gasteiger partial charge < -0.3 is 0 Å². The zero-order valence-electron chi connectivity index (χ0n) is 6.22. The number of rotatable bonds is 2. The van der Waals surface area contributed by atoms with Crippen LogP contribution in [0.25, 0.3) is 0 Å². The molecule has 0 radical (unpaired) electrons. The lowest BCUT2D eigenvalue weighted by atomic mass is 10.1. The number of hydrogen-bond donors (Lipinski definition) is 0. The Balaban J connectivity index is 3.13. The van der Waals surface area contributed by atoms with Gasteiger partial charge in [-0.15, -0.1) is 23.2 Å². The quantitative estimate of drug-likeness (QED) is 0.689. The van der Waals surface area contributed by atoms with Gasteiger partial charge in [-0.05, 0) is 17.2 Å². The molecule has 0 N–H and O–H groups in total. The minimum atomic E-state index is 0.360. The molecule has 1 aromatic heterocycles. The molecule has 0 fully saturated rings. The van der Waals surface area contributed by atoms with Gasteiger partial charge in [0.05, 0.1) is 0 Å². The predicted octanol–water partition coefficient (Wildman–Crippen LogP) is 2.43. The molecule has 0 saturated heterocycles. The highest BCUT2D eigenvalue weighted by Gasteiger charge is 2.02. The first-order valence-corrected chi connectivity index (χ1v) is 4.38. The first-order chi connectivity index (χ1) is 5.81. The summed E-state index contributed by atoms with van der Waals surface area (Å²) in [5.74, 6) is 0.736. The third-order valence-corrected chi connectivity index (χ3v) is 2.06. The van der Waals surface area contributed by atoms with Crippen molar-refractivity contribution in [1.82, 2.24) is 4.98 Å². The van der Waals surface area contributed by atoms with E-state index in [2.05, 4.69) is 4.98 Å². The number of nitriles is 1. The molecular weight excluding hydrogens is 195 g/mol. The predicted molar refractivity (Wildman–Crippen MR) is 48.1 cm³/mol. The molecule has 62 valence electrons. The Hall–Kier alpha value is -0.780. The molecule has 1 rings (SSSR count). The summed E-state index contributed by atoms with van der Waals surface area (Å²) in [4.78, 5) is 3.87. The number of alkyl halides is 2. The van der Waals surface area contributed by atoms with Crippen molar-refractivity contribution in [3.8, 4) is 6.07 Å². The van der Waals surface area contributed by atoms with Crippen molar-refractivity contribution in [3.05, 3.63) is 29.1 Å². The second kappa shape index (κ2) is 4.30. The third kappa shape index (κ3) is 1.88. The fraction of sp³-hybridized carbons (Fsp3) is 0.250. The lowest BCUT2D eigenvalue weighted by Gasteiger charge is -2.01. The van der Waals surface area contributed by atoms with Crippen molar-refractivity contribution in [2.24, 2.45) is 0 Å². The summed E-state index contributed by atoms with van der Waals surface area (Å²) in [7, 11) is 0. The molecule has 2 nitrogen and oxygen atoms in total. The van der Waals surface area contributed by atoms with Crippen LogP contribution in [0, 0.1) is 11.3 Å². The summed E-state index contributed by atoms with van der Waals surface area (Å²) in [6.07, 6.45) is 1.59. The van der Waals surface area contributed by atoms with E-state index in [9.17, 15) is 0 Å². The van der Waals surface area contributed by atoms with E-state index in [-0.39, 0.29) is 0 Å². The topological polar surface area (TPSA) is 36.7 Å². The molecule has 12 heavy (non-hydrogen) atoms. The van der Waals surface area contributed by atoms with Crippen LogP contribution in [0.2, 0.25) is 0 Å². The highest BCUT2D eigenvalue weighted by atomic mass is 35.5. The second-order valence-electron chi connectivity index (χ2n) is 2.22. The van der Waals surface area contributed by atoms with Gasteiger partial charge >= 0.3 is 0 Å². The highest BCUT2D eigenvalue weighted by Crippen LogP contribution is 2.13. The van der Waals surface area contributed by atoms with Crippen LogP contribution in [0.5, 0.6) is 0 Å². The van der Waals surface area contributed by atoms with Gasteiger partial charge in [0.2, 0.25) is 0 Å². The lowest BCUT2D eigenvalue weighted by molar-refractivity contribution is 1.15. The van der Waals surface area contributed by atoms with E-state index < -0.39 is 0 Å². The van der Waals surface area contributed by atoms with Crippen LogP contribution in [0.4, 0.5) is 0 Å². The molecule has 1 aromatic rings. The van der Waals surface area contributed by atoms with Crippen molar-refractivity contribution in [3.63, 3.8) is 0 Å². The van der Waals surface area contributed by atoms with Crippen LogP contribution < -0.4 is 0 Å². The zero-order chi connectivity index (χ0) is 8.97. The van der Waals surface area contributed by atoms with E-state index in [4.69, 9.17) is 28.5 Å². The Kier molecular flexibility index (Phi) is 3.33. The van der Waals surface area contributed by atoms with Gasteiger partial charge in [-0.3, -0.25) is 0 Å². The van der Waals surface area contributed by atoms with Gasteiger partial charge in [0.1, 0.15) is 11.8 Å². The smallest absolute Gasteiger partial charge is 0.140 e. The van der Waals surface area contributed by atoms with Crippen molar-refractivity contribution < 1.29 is 0 Å². The van der Waals surface area contributed by atoms with Crippen LogP contribution in [-0.2, 0) is 11.8 Å². The fourth-order valence-electron chi connectivity index (χ4n) is 0.831. The average molecular weight is 201 g/mol. The van der Waals surface area contributed by atoms with Crippen LogP contribution in [-0.4, -0.2) is 4.98 Å². The summed E-state index contributed by atoms with van der Waals surface area (Å²) in [6.45, 7) is 0. The number of nitrogens with zero attached hydrogens (tertiary/aromatic N) is 2. The summed E-state index contributed by atoms with van der Waals surface area (Å²) < 4.78 is 0. The Labute approximate surface area is 80.7 Å². The minimum Gasteiger partial charge on any atom is -0.245 e. The van der Waals surface area contributed by atoms with Crippen LogP contribution >= 0.6 is 23.2 Å². The van der Waals surface area contributed by atoms with Crippen LogP contribution in [0.3, 0.4) is 0 Å². The number of aromatic nitrogens is 1.